The van der Waals surface area contributed by atoms with Crippen molar-refractivity contribution in [1.29, 1.82) is 0 Å². The Labute approximate surface area is 141 Å². The molecule has 2 fully saturated rings. The Morgan fingerprint density at radius 1 is 1.26 bits per heavy atom. The quantitative estimate of drug-likeness (QED) is 0.815. The molecule has 0 bridgehead atoms. The minimum atomic E-state index is -0.427. The normalized spacial score (nSPS) is 25.1. The molecule has 1 aliphatic carbocycles. The van der Waals surface area contributed by atoms with Crippen LogP contribution < -0.4 is 5.32 Å². The third-order valence-electron chi connectivity index (χ3n) is 4.83. The molecule has 0 aromatic heterocycles. The van der Waals surface area contributed by atoms with E-state index >= 15 is 0 Å². The van der Waals surface area contributed by atoms with Crippen LogP contribution in [0.1, 0.15) is 53.4 Å². The summed E-state index contributed by atoms with van der Waals surface area (Å²) in [5, 5.41) is 3.75. The van der Waals surface area contributed by atoms with Gasteiger partial charge in [0.1, 0.15) is 5.60 Å². The van der Waals surface area contributed by atoms with E-state index in [0.717, 1.165) is 38.5 Å². The highest BCUT2D eigenvalue weighted by molar-refractivity contribution is 5.68. The topological polar surface area (TPSA) is 50.8 Å². The lowest BCUT2D eigenvalue weighted by atomic mass is 9.91. The Hall–Kier alpha value is -0.810. The van der Waals surface area contributed by atoms with Gasteiger partial charge >= 0.3 is 6.09 Å². The summed E-state index contributed by atoms with van der Waals surface area (Å²) in [6, 6.07) is 0.841. The third-order valence-corrected chi connectivity index (χ3v) is 4.83. The van der Waals surface area contributed by atoms with Crippen LogP contribution in [0.25, 0.3) is 0 Å². The fourth-order valence-corrected chi connectivity index (χ4v) is 3.38. The van der Waals surface area contributed by atoms with Gasteiger partial charge in [0, 0.05) is 32.3 Å². The fraction of sp³-hybridized carbons (Fsp3) is 0.944. The number of piperidine rings is 1. The molecule has 0 spiro atoms. The fourth-order valence-electron chi connectivity index (χ4n) is 3.38. The molecule has 5 heteroatoms. The second-order valence-corrected chi connectivity index (χ2v) is 8.18. The van der Waals surface area contributed by atoms with Crippen molar-refractivity contribution in [2.24, 2.45) is 11.8 Å². The molecule has 1 amide bonds. The molecular weight excluding hydrogens is 292 g/mol. The average molecular weight is 326 g/mol. The monoisotopic (exact) mass is 326 g/mol. The van der Waals surface area contributed by atoms with E-state index in [1.165, 1.54) is 12.8 Å². The number of likely N-dealkylation sites (tertiary alicyclic amines) is 1. The molecule has 23 heavy (non-hydrogen) atoms. The number of hydrogen-bond donors (Lipinski definition) is 1. The Kier molecular flexibility index (Phi) is 6.32. The number of hydrogen-bond acceptors (Lipinski definition) is 4. The van der Waals surface area contributed by atoms with Crippen LogP contribution in [0.15, 0.2) is 0 Å². The van der Waals surface area contributed by atoms with E-state index < -0.39 is 5.60 Å². The van der Waals surface area contributed by atoms with Crippen LogP contribution >= 0.6 is 0 Å². The van der Waals surface area contributed by atoms with Gasteiger partial charge in [0.15, 0.2) is 0 Å². The summed E-state index contributed by atoms with van der Waals surface area (Å²) in [5.74, 6) is 1.25. The maximum atomic E-state index is 12.3. The second kappa shape index (κ2) is 7.84. The number of nitrogens with zero attached hydrogens (tertiary/aromatic N) is 1. The predicted molar refractivity (Wildman–Crippen MR) is 91.5 cm³/mol. The van der Waals surface area contributed by atoms with Crippen molar-refractivity contribution in [2.45, 2.75) is 71.1 Å². The van der Waals surface area contributed by atoms with Gasteiger partial charge in [0.05, 0.1) is 6.61 Å². The van der Waals surface area contributed by atoms with Crippen molar-refractivity contribution < 1.29 is 14.3 Å². The largest absolute Gasteiger partial charge is 0.444 e. The predicted octanol–water partition coefficient (Wildman–Crippen LogP) is 3.04. The highest BCUT2D eigenvalue weighted by Crippen LogP contribution is 2.33. The Morgan fingerprint density at radius 3 is 2.52 bits per heavy atom. The molecule has 1 saturated heterocycles. The molecule has 2 aliphatic rings. The van der Waals surface area contributed by atoms with E-state index in [-0.39, 0.29) is 6.09 Å². The van der Waals surface area contributed by atoms with Gasteiger partial charge < -0.3 is 19.7 Å². The molecule has 134 valence electrons. The SMILES string of the molecule is COCC(NC(C)C1CCCN(C(=O)OC(C)(C)C)C1)C1CC1. The van der Waals surface area contributed by atoms with Crippen LogP contribution in [0.3, 0.4) is 0 Å². The number of ether oxygens (including phenoxy) is 2. The molecule has 1 saturated carbocycles. The van der Waals surface area contributed by atoms with E-state index in [2.05, 4.69) is 12.2 Å². The Morgan fingerprint density at radius 2 is 1.96 bits per heavy atom. The van der Waals surface area contributed by atoms with Crippen LogP contribution in [0.4, 0.5) is 4.79 Å². The van der Waals surface area contributed by atoms with Crippen LogP contribution in [0, 0.1) is 11.8 Å². The zero-order valence-corrected chi connectivity index (χ0v) is 15.4. The van der Waals surface area contributed by atoms with Crippen LogP contribution in [0.5, 0.6) is 0 Å². The number of methoxy groups -OCH3 is 1. The molecule has 0 radical (unpaired) electrons. The van der Waals surface area contributed by atoms with Gasteiger partial charge in [-0.1, -0.05) is 0 Å². The molecule has 0 aromatic rings. The lowest BCUT2D eigenvalue weighted by molar-refractivity contribution is 0.0141. The molecule has 3 atom stereocenters. The van der Waals surface area contributed by atoms with Crippen LogP contribution in [0.2, 0.25) is 0 Å². The molecule has 1 heterocycles. The zero-order chi connectivity index (χ0) is 17.0. The van der Waals surface area contributed by atoms with Crippen LogP contribution in [-0.2, 0) is 9.47 Å². The van der Waals surface area contributed by atoms with Crippen molar-refractivity contribution in [2.75, 3.05) is 26.8 Å². The lowest BCUT2D eigenvalue weighted by Crippen LogP contribution is -2.51. The summed E-state index contributed by atoms with van der Waals surface area (Å²) in [5.41, 5.74) is -0.427. The maximum absolute atomic E-state index is 12.3. The molecule has 1 N–H and O–H groups in total. The van der Waals surface area contributed by atoms with Gasteiger partial charge in [-0.15, -0.1) is 0 Å². The molecule has 1 aliphatic heterocycles. The Balaban J connectivity index is 1.85. The first-order valence-corrected chi connectivity index (χ1v) is 9.03. The minimum absolute atomic E-state index is 0.176. The van der Waals surface area contributed by atoms with Crippen LogP contribution in [-0.4, -0.2) is 55.5 Å². The summed E-state index contributed by atoms with van der Waals surface area (Å²) in [7, 11) is 1.77. The van der Waals surface area contributed by atoms with E-state index in [1.54, 1.807) is 7.11 Å². The summed E-state index contributed by atoms with van der Waals surface area (Å²) in [6.45, 7) is 10.4. The molecule has 5 nitrogen and oxygen atoms in total. The molecule has 2 rings (SSSR count). The van der Waals surface area contributed by atoms with Gasteiger partial charge in [-0.3, -0.25) is 0 Å². The first-order chi connectivity index (χ1) is 10.8. The second-order valence-electron chi connectivity index (χ2n) is 8.18. The molecule has 3 unspecified atom stereocenters. The number of carbonyl (C=O) groups is 1. The summed E-state index contributed by atoms with van der Waals surface area (Å²) in [4.78, 5) is 14.2. The third kappa shape index (κ3) is 5.96. The highest BCUT2D eigenvalue weighted by atomic mass is 16.6. The Bertz CT molecular complexity index is 390. The number of amides is 1. The summed E-state index contributed by atoms with van der Waals surface area (Å²) >= 11 is 0. The molecule has 0 aromatic carbocycles. The number of carbonyl (C=O) groups excluding carboxylic acids is 1. The van der Waals surface area contributed by atoms with Gasteiger partial charge in [-0.2, -0.15) is 0 Å². The van der Waals surface area contributed by atoms with Gasteiger partial charge in [0.25, 0.3) is 0 Å². The zero-order valence-electron chi connectivity index (χ0n) is 15.4. The van der Waals surface area contributed by atoms with Gasteiger partial charge in [-0.25, -0.2) is 4.79 Å². The lowest BCUT2D eigenvalue weighted by Gasteiger charge is -2.38. The van der Waals surface area contributed by atoms with Crippen molar-refractivity contribution in [3.8, 4) is 0 Å². The van der Waals surface area contributed by atoms with Crippen molar-refractivity contribution in [1.82, 2.24) is 10.2 Å². The minimum Gasteiger partial charge on any atom is -0.444 e. The van der Waals surface area contributed by atoms with E-state index in [0.29, 0.717) is 18.0 Å². The first-order valence-electron chi connectivity index (χ1n) is 9.03. The van der Waals surface area contributed by atoms with Crippen molar-refractivity contribution in [3.05, 3.63) is 0 Å². The summed E-state index contributed by atoms with van der Waals surface area (Å²) < 4.78 is 10.9. The summed E-state index contributed by atoms with van der Waals surface area (Å²) in [6.07, 6.45) is 4.65. The van der Waals surface area contributed by atoms with E-state index in [4.69, 9.17) is 9.47 Å². The van der Waals surface area contributed by atoms with Crippen molar-refractivity contribution in [3.63, 3.8) is 0 Å². The first kappa shape index (κ1) is 18.5. The highest BCUT2D eigenvalue weighted by Gasteiger charge is 2.35. The molecular formula is C18H34N2O3. The average Bonchev–Trinajstić information content (AvgIpc) is 3.29. The maximum Gasteiger partial charge on any atom is 0.410 e. The van der Waals surface area contributed by atoms with Gasteiger partial charge in [-0.05, 0) is 65.2 Å². The standard InChI is InChI=1S/C18H34N2O3/c1-13(19-16(12-22-5)14-8-9-14)15-7-6-10-20(11-15)17(21)23-18(2,3)4/h13-16,19H,6-12H2,1-5H3. The number of rotatable bonds is 6. The smallest absolute Gasteiger partial charge is 0.410 e. The van der Waals surface area contributed by atoms with Gasteiger partial charge in [0.2, 0.25) is 0 Å². The van der Waals surface area contributed by atoms with E-state index in [1.807, 2.05) is 25.7 Å². The van der Waals surface area contributed by atoms with Crippen molar-refractivity contribution >= 4 is 6.09 Å². The number of nitrogens with one attached hydrogen (secondary N) is 1. The van der Waals surface area contributed by atoms with E-state index in [9.17, 15) is 4.79 Å².